The number of aromatic amines is 1. The van der Waals surface area contributed by atoms with Gasteiger partial charge < -0.3 is 15.0 Å². The summed E-state index contributed by atoms with van der Waals surface area (Å²) in [7, 11) is 1.63. The van der Waals surface area contributed by atoms with Crippen molar-refractivity contribution in [3.8, 4) is 17.1 Å². The van der Waals surface area contributed by atoms with Gasteiger partial charge in [-0.05, 0) is 55.0 Å². The number of hydrogen-bond donors (Lipinski definition) is 2. The quantitative estimate of drug-likeness (QED) is 0.451. The third-order valence-electron chi connectivity index (χ3n) is 5.14. The third kappa shape index (κ3) is 3.57. The zero-order chi connectivity index (χ0) is 21.4. The zero-order valence-corrected chi connectivity index (χ0v) is 17.0. The second-order valence-electron chi connectivity index (χ2n) is 7.22. The molecule has 5 aromatic rings. The summed E-state index contributed by atoms with van der Waals surface area (Å²) in [6.07, 6.45) is 3.45. The molecule has 0 bridgehead atoms. The van der Waals surface area contributed by atoms with Crippen molar-refractivity contribution in [2.75, 3.05) is 12.4 Å². The number of H-pyrrole nitrogens is 1. The van der Waals surface area contributed by atoms with E-state index in [4.69, 9.17) is 14.7 Å². The first kappa shape index (κ1) is 18.7. The van der Waals surface area contributed by atoms with Gasteiger partial charge in [0.15, 0.2) is 5.82 Å². The minimum atomic E-state index is -0.127. The maximum Gasteiger partial charge on any atom is 0.248 e. The van der Waals surface area contributed by atoms with Crippen LogP contribution in [0.3, 0.4) is 0 Å². The van der Waals surface area contributed by atoms with E-state index in [0.29, 0.717) is 17.4 Å². The first-order valence-electron chi connectivity index (χ1n) is 9.77. The molecule has 0 unspecified atom stereocenters. The monoisotopic (exact) mass is 409 g/mol. The summed E-state index contributed by atoms with van der Waals surface area (Å²) >= 11 is 0. The van der Waals surface area contributed by atoms with Gasteiger partial charge in [0.1, 0.15) is 11.6 Å². The molecule has 0 amide bonds. The van der Waals surface area contributed by atoms with Gasteiger partial charge in [-0.25, -0.2) is 9.97 Å². The molecular weight excluding hydrogens is 390 g/mol. The van der Waals surface area contributed by atoms with Gasteiger partial charge in [-0.15, -0.1) is 0 Å². The molecule has 0 aliphatic carbocycles. The van der Waals surface area contributed by atoms with E-state index < -0.39 is 0 Å². The Morgan fingerprint density at radius 1 is 1.00 bits per heavy atom. The summed E-state index contributed by atoms with van der Waals surface area (Å²) in [6.45, 7) is 1.93. The number of nitrogens with zero attached hydrogens (tertiary/aromatic N) is 3. The second-order valence-corrected chi connectivity index (χ2v) is 7.22. The normalized spacial score (nSPS) is 11.0. The van der Waals surface area contributed by atoms with Crippen LogP contribution in [0.5, 0.6) is 5.75 Å². The number of pyridine rings is 2. The highest BCUT2D eigenvalue weighted by atomic mass is 16.5. The van der Waals surface area contributed by atoms with Gasteiger partial charge >= 0.3 is 0 Å². The van der Waals surface area contributed by atoms with Crippen LogP contribution < -0.4 is 15.6 Å². The number of methoxy groups -OCH3 is 1. The Hall–Kier alpha value is -4.26. The number of rotatable bonds is 4. The molecular formula is C24H19N5O2. The van der Waals surface area contributed by atoms with Crippen LogP contribution in [0.2, 0.25) is 0 Å². The first-order valence-corrected chi connectivity index (χ1v) is 9.77. The molecule has 5 rings (SSSR count). The van der Waals surface area contributed by atoms with Crippen molar-refractivity contribution in [2.45, 2.75) is 6.92 Å². The smallest absolute Gasteiger partial charge is 0.248 e. The van der Waals surface area contributed by atoms with Gasteiger partial charge in [-0.1, -0.05) is 6.07 Å². The molecule has 3 aromatic heterocycles. The Balaban J connectivity index is 1.67. The predicted octanol–water partition coefficient (Wildman–Crippen LogP) is 4.59. The van der Waals surface area contributed by atoms with Crippen LogP contribution in [-0.4, -0.2) is 27.0 Å². The van der Waals surface area contributed by atoms with Gasteiger partial charge in [0.05, 0.1) is 18.1 Å². The third-order valence-corrected chi connectivity index (χ3v) is 5.14. The lowest BCUT2D eigenvalue weighted by atomic mass is 10.1. The molecule has 0 aliphatic rings. The predicted molar refractivity (Wildman–Crippen MR) is 122 cm³/mol. The van der Waals surface area contributed by atoms with Crippen LogP contribution in [0, 0.1) is 6.92 Å². The average molecular weight is 409 g/mol. The Bertz CT molecular complexity index is 1480. The Morgan fingerprint density at radius 3 is 2.71 bits per heavy atom. The number of fused-ring (bicyclic) bond motifs is 2. The first-order chi connectivity index (χ1) is 15.1. The molecule has 31 heavy (non-hydrogen) atoms. The van der Waals surface area contributed by atoms with Crippen molar-refractivity contribution in [1.29, 1.82) is 0 Å². The van der Waals surface area contributed by atoms with E-state index in [1.807, 2.05) is 55.5 Å². The van der Waals surface area contributed by atoms with E-state index in [1.165, 1.54) is 0 Å². The van der Waals surface area contributed by atoms with Crippen LogP contribution in [0.25, 0.3) is 33.2 Å². The van der Waals surface area contributed by atoms with Crippen molar-refractivity contribution in [1.82, 2.24) is 19.9 Å². The minimum absolute atomic E-state index is 0.127. The van der Waals surface area contributed by atoms with Crippen molar-refractivity contribution >= 4 is 33.3 Å². The fourth-order valence-corrected chi connectivity index (χ4v) is 3.60. The Morgan fingerprint density at radius 2 is 1.90 bits per heavy atom. The van der Waals surface area contributed by atoms with E-state index in [0.717, 1.165) is 38.6 Å². The molecule has 0 aliphatic heterocycles. The summed E-state index contributed by atoms with van der Waals surface area (Å²) in [5, 5.41) is 5.21. The largest absolute Gasteiger partial charge is 0.497 e. The summed E-state index contributed by atoms with van der Waals surface area (Å²) in [6, 6.07) is 16.9. The summed E-state index contributed by atoms with van der Waals surface area (Å²) < 4.78 is 5.39. The van der Waals surface area contributed by atoms with E-state index >= 15 is 0 Å². The van der Waals surface area contributed by atoms with Crippen LogP contribution in [-0.2, 0) is 0 Å². The number of nitrogens with one attached hydrogen (secondary N) is 2. The Labute approximate surface area is 177 Å². The van der Waals surface area contributed by atoms with Crippen molar-refractivity contribution in [3.63, 3.8) is 0 Å². The number of aryl methyl sites for hydroxylation is 1. The van der Waals surface area contributed by atoms with Gasteiger partial charge in [0.25, 0.3) is 0 Å². The van der Waals surface area contributed by atoms with Crippen LogP contribution in [0.1, 0.15) is 5.56 Å². The summed E-state index contributed by atoms with van der Waals surface area (Å²) in [5.74, 6) is 1.92. The molecule has 0 saturated heterocycles. The molecule has 0 spiro atoms. The number of ether oxygens (including phenoxy) is 1. The van der Waals surface area contributed by atoms with E-state index in [2.05, 4.69) is 15.3 Å². The lowest BCUT2D eigenvalue weighted by Crippen LogP contribution is -2.05. The van der Waals surface area contributed by atoms with Crippen LogP contribution in [0.15, 0.2) is 71.8 Å². The van der Waals surface area contributed by atoms with Gasteiger partial charge in [0.2, 0.25) is 5.56 Å². The standard InChI is InChI=1S/C24H19N5O2/c1-14-10-22(30)27-21-11-16(5-7-18(14)21)26-24-19-12-17(31-2)6-8-20(19)28-23(29-24)15-4-3-9-25-13-15/h3-13H,1-2H3,(H,27,30)(H,26,28,29). The average Bonchev–Trinajstić information content (AvgIpc) is 2.79. The molecule has 7 heteroatoms. The summed E-state index contributed by atoms with van der Waals surface area (Å²) in [4.78, 5) is 28.4. The molecule has 7 nitrogen and oxygen atoms in total. The molecule has 2 aromatic carbocycles. The van der Waals surface area contributed by atoms with Gasteiger partial charge in [-0.2, -0.15) is 0 Å². The maximum absolute atomic E-state index is 11.9. The van der Waals surface area contributed by atoms with Crippen molar-refractivity contribution in [3.05, 3.63) is 82.9 Å². The van der Waals surface area contributed by atoms with Crippen LogP contribution >= 0.6 is 0 Å². The molecule has 152 valence electrons. The lowest BCUT2D eigenvalue weighted by Gasteiger charge is -2.13. The molecule has 3 heterocycles. The zero-order valence-electron chi connectivity index (χ0n) is 17.0. The highest BCUT2D eigenvalue weighted by Crippen LogP contribution is 2.30. The van der Waals surface area contributed by atoms with E-state index in [1.54, 1.807) is 25.6 Å². The lowest BCUT2D eigenvalue weighted by molar-refractivity contribution is 0.415. The fraction of sp³-hybridized carbons (Fsp3) is 0.0833. The second kappa shape index (κ2) is 7.53. The fourth-order valence-electron chi connectivity index (χ4n) is 3.60. The van der Waals surface area contributed by atoms with Crippen molar-refractivity contribution in [2.24, 2.45) is 0 Å². The topological polar surface area (TPSA) is 92.8 Å². The van der Waals surface area contributed by atoms with Crippen molar-refractivity contribution < 1.29 is 4.74 Å². The molecule has 0 saturated carbocycles. The minimum Gasteiger partial charge on any atom is -0.497 e. The molecule has 0 atom stereocenters. The number of aromatic nitrogens is 4. The maximum atomic E-state index is 11.9. The number of benzene rings is 2. The van der Waals surface area contributed by atoms with E-state index in [9.17, 15) is 4.79 Å². The molecule has 0 radical (unpaired) electrons. The number of hydrogen-bond acceptors (Lipinski definition) is 6. The van der Waals surface area contributed by atoms with E-state index in [-0.39, 0.29) is 5.56 Å². The number of anilines is 2. The highest BCUT2D eigenvalue weighted by molar-refractivity contribution is 5.94. The van der Waals surface area contributed by atoms with Gasteiger partial charge in [-0.3, -0.25) is 9.78 Å². The SMILES string of the molecule is COc1ccc2nc(-c3cccnc3)nc(Nc3ccc4c(C)cc(=O)[nH]c4c3)c2c1. The van der Waals surface area contributed by atoms with Crippen LogP contribution in [0.4, 0.5) is 11.5 Å². The Kier molecular flexibility index (Phi) is 4.55. The molecule has 0 fully saturated rings. The highest BCUT2D eigenvalue weighted by Gasteiger charge is 2.12. The summed E-state index contributed by atoms with van der Waals surface area (Å²) in [5.41, 5.74) is 3.97. The van der Waals surface area contributed by atoms with Gasteiger partial charge in [0, 0.05) is 40.5 Å². The molecule has 2 N–H and O–H groups in total.